The normalized spacial score (nSPS) is 11.1. The molecule has 0 heterocycles. The Bertz CT molecular complexity index is 1130. The number of rotatable bonds is 5. The van der Waals surface area contributed by atoms with Crippen molar-refractivity contribution in [1.82, 2.24) is 0 Å². The van der Waals surface area contributed by atoms with Crippen LogP contribution >= 0.6 is 11.6 Å². The Morgan fingerprint density at radius 1 is 1.00 bits per heavy atom. The number of hydrogen-bond donors (Lipinski definition) is 1. The number of benzene rings is 3. The summed E-state index contributed by atoms with van der Waals surface area (Å²) in [5, 5.41) is 3.27. The van der Waals surface area contributed by atoms with E-state index in [0.29, 0.717) is 33.3 Å². The average molecular weight is 416 g/mol. The summed E-state index contributed by atoms with van der Waals surface area (Å²) in [7, 11) is -3.39. The van der Waals surface area contributed by atoms with Gasteiger partial charge in [0.2, 0.25) is 0 Å². The van der Waals surface area contributed by atoms with E-state index in [1.165, 1.54) is 12.1 Å². The van der Waals surface area contributed by atoms with Gasteiger partial charge in [-0.15, -0.1) is 0 Å². The van der Waals surface area contributed by atoms with E-state index < -0.39 is 9.84 Å². The quantitative estimate of drug-likeness (QED) is 0.629. The van der Waals surface area contributed by atoms with Crippen LogP contribution in [0.4, 0.5) is 5.69 Å². The molecule has 1 N–H and O–H groups in total. The molecule has 5 nitrogen and oxygen atoms in total. The van der Waals surface area contributed by atoms with Crippen molar-refractivity contribution in [2.45, 2.75) is 11.8 Å². The number of nitrogens with one attached hydrogen (secondary N) is 1. The van der Waals surface area contributed by atoms with Crippen LogP contribution in [0.25, 0.3) is 0 Å². The lowest BCUT2D eigenvalue weighted by molar-refractivity contribution is 0.102. The average Bonchev–Trinajstić information content (AvgIpc) is 2.64. The van der Waals surface area contributed by atoms with Gasteiger partial charge in [-0.05, 0) is 61.0 Å². The fraction of sp³-hybridized carbons (Fsp3) is 0.0952. The van der Waals surface area contributed by atoms with Crippen molar-refractivity contribution >= 4 is 33.0 Å². The molecular weight excluding hydrogens is 398 g/mol. The fourth-order valence-corrected chi connectivity index (χ4v) is 3.36. The van der Waals surface area contributed by atoms with Gasteiger partial charge in [0.25, 0.3) is 5.91 Å². The zero-order valence-electron chi connectivity index (χ0n) is 15.3. The summed E-state index contributed by atoms with van der Waals surface area (Å²) in [5.41, 5.74) is 1.54. The van der Waals surface area contributed by atoms with Gasteiger partial charge in [-0.1, -0.05) is 29.8 Å². The minimum absolute atomic E-state index is 0.103. The van der Waals surface area contributed by atoms with Crippen LogP contribution in [0.2, 0.25) is 5.02 Å². The third-order valence-electron chi connectivity index (χ3n) is 4.06. The van der Waals surface area contributed by atoms with Gasteiger partial charge in [-0.25, -0.2) is 8.42 Å². The number of halogens is 1. The maximum atomic E-state index is 12.6. The SMILES string of the molecule is Cc1ccc(S(C)(=O)=O)cc1C(=O)Nc1ccc(Oc2ccccc2Cl)cc1. The van der Waals surface area contributed by atoms with Gasteiger partial charge in [0.05, 0.1) is 9.92 Å². The van der Waals surface area contributed by atoms with Crippen molar-refractivity contribution in [3.8, 4) is 11.5 Å². The minimum Gasteiger partial charge on any atom is -0.456 e. The molecule has 0 aliphatic rings. The zero-order valence-corrected chi connectivity index (χ0v) is 16.8. The largest absolute Gasteiger partial charge is 0.456 e. The highest BCUT2D eigenvalue weighted by atomic mass is 35.5. The molecule has 7 heteroatoms. The summed E-state index contributed by atoms with van der Waals surface area (Å²) in [4.78, 5) is 12.7. The van der Waals surface area contributed by atoms with Crippen LogP contribution in [0, 0.1) is 6.92 Å². The summed E-state index contributed by atoms with van der Waals surface area (Å²) < 4.78 is 29.2. The number of sulfone groups is 1. The molecule has 0 spiro atoms. The van der Waals surface area contributed by atoms with Crippen molar-refractivity contribution in [2.24, 2.45) is 0 Å². The highest BCUT2D eigenvalue weighted by Gasteiger charge is 2.15. The first-order valence-corrected chi connectivity index (χ1v) is 10.7. The van der Waals surface area contributed by atoms with Crippen molar-refractivity contribution < 1.29 is 17.9 Å². The second-order valence-corrected chi connectivity index (χ2v) is 8.68. The van der Waals surface area contributed by atoms with Gasteiger partial charge in [0.15, 0.2) is 9.84 Å². The van der Waals surface area contributed by atoms with Crippen LogP contribution in [-0.2, 0) is 9.84 Å². The van der Waals surface area contributed by atoms with Crippen LogP contribution in [0.3, 0.4) is 0 Å². The zero-order chi connectivity index (χ0) is 20.3. The number of anilines is 1. The molecule has 0 aliphatic heterocycles. The Labute approximate surface area is 168 Å². The number of aryl methyl sites for hydroxylation is 1. The fourth-order valence-electron chi connectivity index (χ4n) is 2.54. The Kier molecular flexibility index (Phi) is 5.72. The molecule has 0 saturated heterocycles. The lowest BCUT2D eigenvalue weighted by Crippen LogP contribution is -2.14. The molecule has 144 valence electrons. The van der Waals surface area contributed by atoms with E-state index in [1.54, 1.807) is 49.4 Å². The van der Waals surface area contributed by atoms with E-state index in [9.17, 15) is 13.2 Å². The van der Waals surface area contributed by atoms with E-state index in [-0.39, 0.29) is 10.8 Å². The summed E-state index contributed by atoms with van der Waals surface area (Å²) in [6.07, 6.45) is 1.11. The predicted octanol–water partition coefficient (Wildman–Crippen LogP) is 5.10. The molecule has 0 aliphatic carbocycles. The number of carbonyl (C=O) groups excluding carboxylic acids is 1. The molecule has 0 aromatic heterocycles. The Morgan fingerprint density at radius 3 is 2.32 bits per heavy atom. The lowest BCUT2D eigenvalue weighted by atomic mass is 10.1. The van der Waals surface area contributed by atoms with Crippen molar-refractivity contribution in [1.29, 1.82) is 0 Å². The monoisotopic (exact) mass is 415 g/mol. The molecular formula is C21H18ClNO4S. The van der Waals surface area contributed by atoms with Gasteiger partial charge in [0.1, 0.15) is 11.5 Å². The number of amides is 1. The minimum atomic E-state index is -3.39. The molecule has 0 saturated carbocycles. The Morgan fingerprint density at radius 2 is 1.68 bits per heavy atom. The first-order valence-electron chi connectivity index (χ1n) is 8.38. The highest BCUT2D eigenvalue weighted by molar-refractivity contribution is 7.90. The molecule has 3 rings (SSSR count). The van der Waals surface area contributed by atoms with Crippen LogP contribution in [0.5, 0.6) is 11.5 Å². The van der Waals surface area contributed by atoms with Gasteiger partial charge in [-0.2, -0.15) is 0 Å². The van der Waals surface area contributed by atoms with E-state index in [4.69, 9.17) is 16.3 Å². The van der Waals surface area contributed by atoms with E-state index >= 15 is 0 Å². The first kappa shape index (κ1) is 19.9. The number of hydrogen-bond acceptors (Lipinski definition) is 4. The summed E-state index contributed by atoms with van der Waals surface area (Å²) in [6.45, 7) is 1.75. The molecule has 0 atom stereocenters. The number of ether oxygens (including phenoxy) is 1. The lowest BCUT2D eigenvalue weighted by Gasteiger charge is -2.11. The molecule has 0 radical (unpaired) electrons. The van der Waals surface area contributed by atoms with Crippen molar-refractivity contribution in [2.75, 3.05) is 11.6 Å². The van der Waals surface area contributed by atoms with Crippen LogP contribution in [0.1, 0.15) is 15.9 Å². The maximum absolute atomic E-state index is 12.6. The molecule has 3 aromatic rings. The van der Waals surface area contributed by atoms with Crippen LogP contribution in [-0.4, -0.2) is 20.6 Å². The molecule has 0 unspecified atom stereocenters. The van der Waals surface area contributed by atoms with Crippen LogP contribution < -0.4 is 10.1 Å². The van der Waals surface area contributed by atoms with E-state index in [2.05, 4.69) is 5.32 Å². The molecule has 28 heavy (non-hydrogen) atoms. The topological polar surface area (TPSA) is 72.5 Å². The summed E-state index contributed by atoms with van der Waals surface area (Å²) in [6, 6.07) is 18.4. The highest BCUT2D eigenvalue weighted by Crippen LogP contribution is 2.29. The summed E-state index contributed by atoms with van der Waals surface area (Å²) >= 11 is 6.08. The molecule has 1 amide bonds. The van der Waals surface area contributed by atoms with Gasteiger partial charge < -0.3 is 10.1 Å². The van der Waals surface area contributed by atoms with Crippen molar-refractivity contribution in [3.05, 3.63) is 82.9 Å². The second-order valence-electron chi connectivity index (χ2n) is 6.26. The van der Waals surface area contributed by atoms with Gasteiger partial charge in [0, 0.05) is 17.5 Å². The van der Waals surface area contributed by atoms with E-state index in [1.807, 2.05) is 12.1 Å². The van der Waals surface area contributed by atoms with Crippen LogP contribution in [0.15, 0.2) is 71.6 Å². The molecule has 3 aromatic carbocycles. The standard InChI is InChI=1S/C21H18ClNO4S/c1-14-7-12-17(28(2,25)26)13-18(14)21(24)23-15-8-10-16(11-9-15)27-20-6-4-3-5-19(20)22/h3-13H,1-2H3,(H,23,24). The Balaban J connectivity index is 1.76. The number of carbonyl (C=O) groups is 1. The molecule has 0 bridgehead atoms. The van der Waals surface area contributed by atoms with Gasteiger partial charge >= 0.3 is 0 Å². The smallest absolute Gasteiger partial charge is 0.255 e. The maximum Gasteiger partial charge on any atom is 0.255 e. The molecule has 0 fully saturated rings. The third kappa shape index (κ3) is 4.71. The van der Waals surface area contributed by atoms with Gasteiger partial charge in [-0.3, -0.25) is 4.79 Å². The van der Waals surface area contributed by atoms with E-state index in [0.717, 1.165) is 6.26 Å². The summed E-state index contributed by atoms with van der Waals surface area (Å²) in [5.74, 6) is 0.721. The number of para-hydroxylation sites is 1. The third-order valence-corrected chi connectivity index (χ3v) is 5.48. The first-order chi connectivity index (χ1) is 13.2. The Hall–Kier alpha value is -2.83. The van der Waals surface area contributed by atoms with Crippen molar-refractivity contribution in [3.63, 3.8) is 0 Å². The second kappa shape index (κ2) is 8.04. The predicted molar refractivity (Wildman–Crippen MR) is 110 cm³/mol.